The molecule has 0 radical (unpaired) electrons. The zero-order valence-corrected chi connectivity index (χ0v) is 13.2. The lowest BCUT2D eigenvalue weighted by molar-refractivity contribution is 0.102. The number of hydrogen-bond acceptors (Lipinski definition) is 2. The summed E-state index contributed by atoms with van der Waals surface area (Å²) in [6.07, 6.45) is 0. The SMILES string of the molecule is Cc1cc(C)c(NC(=O)c2csc3ccccc23)cc1C. The number of carbonyl (C=O) groups is 1. The highest BCUT2D eigenvalue weighted by Crippen LogP contribution is 2.27. The standard InChI is InChI=1S/C18H17NOS/c1-11-8-13(3)16(9-12(11)2)19-18(20)15-10-21-17-7-5-4-6-14(15)17/h4-10H,1-3H3,(H,19,20). The van der Waals surface area contributed by atoms with Crippen LogP contribution in [0.15, 0.2) is 41.8 Å². The summed E-state index contributed by atoms with van der Waals surface area (Å²) < 4.78 is 1.14. The largest absolute Gasteiger partial charge is 0.322 e. The van der Waals surface area contributed by atoms with Crippen molar-refractivity contribution in [1.82, 2.24) is 0 Å². The van der Waals surface area contributed by atoms with Gasteiger partial charge in [-0.15, -0.1) is 11.3 Å². The molecular weight excluding hydrogens is 278 g/mol. The van der Waals surface area contributed by atoms with Gasteiger partial charge in [0.2, 0.25) is 0 Å². The van der Waals surface area contributed by atoms with Crippen molar-refractivity contribution >= 4 is 33.0 Å². The average Bonchev–Trinajstić information content (AvgIpc) is 2.88. The Morgan fingerprint density at radius 3 is 2.52 bits per heavy atom. The molecule has 1 heterocycles. The van der Waals surface area contributed by atoms with Gasteiger partial charge in [0.15, 0.2) is 0 Å². The van der Waals surface area contributed by atoms with Gasteiger partial charge in [-0.3, -0.25) is 4.79 Å². The molecule has 0 aliphatic rings. The third-order valence-electron chi connectivity index (χ3n) is 3.81. The van der Waals surface area contributed by atoms with Gasteiger partial charge in [-0.1, -0.05) is 24.3 Å². The molecule has 3 rings (SSSR count). The zero-order chi connectivity index (χ0) is 15.0. The zero-order valence-electron chi connectivity index (χ0n) is 12.4. The van der Waals surface area contributed by atoms with Crippen LogP contribution in [-0.4, -0.2) is 5.91 Å². The van der Waals surface area contributed by atoms with E-state index in [1.54, 1.807) is 11.3 Å². The minimum absolute atomic E-state index is 0.0428. The molecule has 0 fully saturated rings. The molecule has 1 aromatic heterocycles. The molecule has 0 saturated heterocycles. The van der Waals surface area contributed by atoms with Crippen LogP contribution in [0.1, 0.15) is 27.0 Å². The van der Waals surface area contributed by atoms with Crippen LogP contribution in [0.5, 0.6) is 0 Å². The number of hydrogen-bond donors (Lipinski definition) is 1. The Bertz CT molecular complexity index is 832. The molecule has 2 nitrogen and oxygen atoms in total. The number of thiophene rings is 1. The predicted octanol–water partition coefficient (Wildman–Crippen LogP) is 5.08. The molecule has 0 saturated carbocycles. The van der Waals surface area contributed by atoms with E-state index in [-0.39, 0.29) is 5.91 Å². The minimum Gasteiger partial charge on any atom is -0.322 e. The molecule has 0 spiro atoms. The van der Waals surface area contributed by atoms with E-state index in [9.17, 15) is 4.79 Å². The lowest BCUT2D eigenvalue weighted by Gasteiger charge is -2.11. The fraction of sp³-hybridized carbons (Fsp3) is 0.167. The molecule has 21 heavy (non-hydrogen) atoms. The summed E-state index contributed by atoms with van der Waals surface area (Å²) in [5.74, 6) is -0.0428. The summed E-state index contributed by atoms with van der Waals surface area (Å²) in [6.45, 7) is 6.17. The van der Waals surface area contributed by atoms with Crippen molar-refractivity contribution in [2.75, 3.05) is 5.32 Å². The Balaban J connectivity index is 1.95. The molecule has 1 amide bonds. The van der Waals surface area contributed by atoms with E-state index >= 15 is 0 Å². The summed E-state index contributed by atoms with van der Waals surface area (Å²) in [7, 11) is 0. The van der Waals surface area contributed by atoms with Crippen molar-refractivity contribution in [3.8, 4) is 0 Å². The van der Waals surface area contributed by atoms with Crippen molar-refractivity contribution < 1.29 is 4.79 Å². The Hall–Kier alpha value is -2.13. The number of aryl methyl sites for hydroxylation is 3. The maximum atomic E-state index is 12.5. The second-order valence-corrected chi connectivity index (χ2v) is 6.26. The number of carbonyl (C=O) groups excluding carboxylic acids is 1. The highest BCUT2D eigenvalue weighted by molar-refractivity contribution is 7.17. The van der Waals surface area contributed by atoms with E-state index in [1.165, 1.54) is 11.1 Å². The lowest BCUT2D eigenvalue weighted by Crippen LogP contribution is -2.12. The summed E-state index contributed by atoms with van der Waals surface area (Å²) in [5.41, 5.74) is 5.15. The smallest absolute Gasteiger partial charge is 0.257 e. The van der Waals surface area contributed by atoms with Gasteiger partial charge < -0.3 is 5.32 Å². The Morgan fingerprint density at radius 1 is 1.00 bits per heavy atom. The van der Waals surface area contributed by atoms with E-state index in [2.05, 4.69) is 25.2 Å². The average molecular weight is 295 g/mol. The first kappa shape index (κ1) is 13.8. The van der Waals surface area contributed by atoms with Crippen LogP contribution in [0.2, 0.25) is 0 Å². The molecule has 1 N–H and O–H groups in total. The van der Waals surface area contributed by atoms with Crippen molar-refractivity contribution in [1.29, 1.82) is 0 Å². The number of benzene rings is 2. The second kappa shape index (κ2) is 5.34. The molecule has 0 unspecified atom stereocenters. The van der Waals surface area contributed by atoms with Gasteiger partial charge in [-0.05, 0) is 49.6 Å². The van der Waals surface area contributed by atoms with E-state index in [4.69, 9.17) is 0 Å². The summed E-state index contributed by atoms with van der Waals surface area (Å²) in [4.78, 5) is 12.5. The lowest BCUT2D eigenvalue weighted by atomic mass is 10.0. The van der Waals surface area contributed by atoms with E-state index in [0.29, 0.717) is 0 Å². The fourth-order valence-electron chi connectivity index (χ4n) is 2.44. The van der Waals surface area contributed by atoms with Gasteiger partial charge >= 0.3 is 0 Å². The quantitative estimate of drug-likeness (QED) is 0.702. The highest BCUT2D eigenvalue weighted by Gasteiger charge is 2.13. The molecular formula is C18H17NOS. The summed E-state index contributed by atoms with van der Waals surface area (Å²) >= 11 is 1.60. The normalized spacial score (nSPS) is 10.8. The Kier molecular flexibility index (Phi) is 3.52. The fourth-order valence-corrected chi connectivity index (χ4v) is 3.38. The number of nitrogens with one attached hydrogen (secondary N) is 1. The molecule has 2 aromatic carbocycles. The van der Waals surface area contributed by atoms with Crippen LogP contribution in [0.25, 0.3) is 10.1 Å². The number of anilines is 1. The van der Waals surface area contributed by atoms with Gasteiger partial charge in [0.05, 0.1) is 5.56 Å². The van der Waals surface area contributed by atoms with Crippen molar-refractivity contribution in [2.24, 2.45) is 0 Å². The number of fused-ring (bicyclic) bond motifs is 1. The van der Waals surface area contributed by atoms with Gasteiger partial charge in [0.25, 0.3) is 5.91 Å². The monoisotopic (exact) mass is 295 g/mol. The Labute approximate surface area is 128 Å². The molecule has 3 aromatic rings. The molecule has 106 valence electrons. The first-order valence-corrected chi connectivity index (χ1v) is 7.79. The van der Waals surface area contributed by atoms with Gasteiger partial charge in [0, 0.05) is 21.2 Å². The minimum atomic E-state index is -0.0428. The van der Waals surface area contributed by atoms with Gasteiger partial charge in [-0.2, -0.15) is 0 Å². The predicted molar refractivity (Wildman–Crippen MR) is 90.4 cm³/mol. The van der Waals surface area contributed by atoms with Crippen molar-refractivity contribution in [3.63, 3.8) is 0 Å². The number of rotatable bonds is 2. The summed E-state index contributed by atoms with van der Waals surface area (Å²) in [6, 6.07) is 12.1. The summed E-state index contributed by atoms with van der Waals surface area (Å²) in [5, 5.41) is 5.98. The first-order chi connectivity index (χ1) is 10.1. The molecule has 0 aliphatic heterocycles. The molecule has 3 heteroatoms. The van der Waals surface area contributed by atoms with Crippen LogP contribution in [0.4, 0.5) is 5.69 Å². The maximum Gasteiger partial charge on any atom is 0.257 e. The van der Waals surface area contributed by atoms with Crippen molar-refractivity contribution in [3.05, 3.63) is 64.0 Å². The molecule has 0 atom stereocenters. The topological polar surface area (TPSA) is 29.1 Å². The van der Waals surface area contributed by atoms with Crippen LogP contribution in [0, 0.1) is 20.8 Å². The highest BCUT2D eigenvalue weighted by atomic mass is 32.1. The van der Waals surface area contributed by atoms with E-state index < -0.39 is 0 Å². The van der Waals surface area contributed by atoms with Crippen LogP contribution >= 0.6 is 11.3 Å². The third-order valence-corrected chi connectivity index (χ3v) is 4.78. The van der Waals surface area contributed by atoms with Crippen LogP contribution in [0.3, 0.4) is 0 Å². The Morgan fingerprint density at radius 2 is 1.71 bits per heavy atom. The van der Waals surface area contributed by atoms with Crippen LogP contribution < -0.4 is 5.32 Å². The van der Waals surface area contributed by atoms with Crippen LogP contribution in [-0.2, 0) is 0 Å². The first-order valence-electron chi connectivity index (χ1n) is 6.91. The van der Waals surface area contributed by atoms with Crippen molar-refractivity contribution in [2.45, 2.75) is 20.8 Å². The van der Waals surface area contributed by atoms with E-state index in [1.807, 2.05) is 42.6 Å². The molecule has 0 aliphatic carbocycles. The third kappa shape index (κ3) is 2.57. The number of amides is 1. The van der Waals surface area contributed by atoms with Gasteiger partial charge in [0.1, 0.15) is 0 Å². The van der Waals surface area contributed by atoms with Gasteiger partial charge in [-0.25, -0.2) is 0 Å². The maximum absolute atomic E-state index is 12.5. The second-order valence-electron chi connectivity index (χ2n) is 5.35. The molecule has 0 bridgehead atoms. The van der Waals surface area contributed by atoms with E-state index in [0.717, 1.165) is 26.9 Å².